The van der Waals surface area contributed by atoms with Gasteiger partial charge in [-0.25, -0.2) is 4.39 Å². The molecule has 6 heteroatoms. The summed E-state index contributed by atoms with van der Waals surface area (Å²) >= 11 is 6.51. The number of aromatic nitrogens is 1. The van der Waals surface area contributed by atoms with Gasteiger partial charge in [-0.3, -0.25) is 9.78 Å². The van der Waals surface area contributed by atoms with Crippen molar-refractivity contribution in [3.63, 3.8) is 0 Å². The number of hydrogen-bond donors (Lipinski definition) is 0. The number of carbonyl (C=O) groups is 1. The minimum absolute atomic E-state index is 0.0966. The molecule has 0 bridgehead atoms. The van der Waals surface area contributed by atoms with Crippen LogP contribution in [-0.4, -0.2) is 17.9 Å². The second-order valence-electron chi connectivity index (χ2n) is 3.66. The minimum atomic E-state index is -0.582. The fourth-order valence-electron chi connectivity index (χ4n) is 1.53. The Bertz CT molecular complexity index is 647. The molecule has 0 saturated carbocycles. The zero-order valence-corrected chi connectivity index (χ0v) is 13.0. The number of pyridine rings is 1. The first-order valence-electron chi connectivity index (χ1n) is 5.22. The minimum Gasteiger partial charge on any atom is -0.494 e. The van der Waals surface area contributed by atoms with Crippen LogP contribution in [0.25, 0.3) is 0 Å². The van der Waals surface area contributed by atoms with Crippen LogP contribution in [0.2, 0.25) is 0 Å². The molecule has 0 radical (unpaired) electrons. The molecule has 0 N–H and O–H groups in total. The molecule has 0 atom stereocenters. The number of ether oxygens (including phenoxy) is 1. The second-order valence-corrected chi connectivity index (χ2v) is 5.43. The van der Waals surface area contributed by atoms with Gasteiger partial charge in [0, 0.05) is 20.7 Å². The number of methoxy groups -OCH3 is 1. The maximum absolute atomic E-state index is 13.6. The summed E-state index contributed by atoms with van der Waals surface area (Å²) in [4.78, 5) is 16.2. The summed E-state index contributed by atoms with van der Waals surface area (Å²) in [6.07, 6.45) is 1.51. The smallest absolute Gasteiger partial charge is 0.212 e. The molecule has 2 rings (SSSR count). The van der Waals surface area contributed by atoms with Gasteiger partial charge in [-0.05, 0) is 56.1 Å². The molecular formula is C13H8Br2FNO2. The summed E-state index contributed by atoms with van der Waals surface area (Å²) in [5.74, 6) is -0.845. The molecule has 0 spiro atoms. The van der Waals surface area contributed by atoms with Crippen molar-refractivity contribution in [2.24, 2.45) is 0 Å². The largest absolute Gasteiger partial charge is 0.494 e. The van der Waals surface area contributed by atoms with Crippen molar-refractivity contribution in [3.05, 3.63) is 56.5 Å². The van der Waals surface area contributed by atoms with Crippen molar-refractivity contribution in [2.45, 2.75) is 0 Å². The third-order valence-electron chi connectivity index (χ3n) is 2.44. The quantitative estimate of drug-likeness (QED) is 0.746. The third-order valence-corrected chi connectivity index (χ3v) is 3.48. The lowest BCUT2D eigenvalue weighted by molar-refractivity contribution is 0.103. The van der Waals surface area contributed by atoms with Gasteiger partial charge in [0.2, 0.25) is 5.78 Å². The molecule has 0 fully saturated rings. The van der Waals surface area contributed by atoms with Crippen molar-refractivity contribution in [3.8, 4) is 5.75 Å². The number of hydrogen-bond acceptors (Lipinski definition) is 3. The Morgan fingerprint density at radius 3 is 2.63 bits per heavy atom. The Kier molecular flexibility index (Phi) is 4.31. The van der Waals surface area contributed by atoms with Crippen LogP contribution in [0.1, 0.15) is 16.1 Å². The van der Waals surface area contributed by atoms with Crippen LogP contribution >= 0.6 is 31.9 Å². The van der Waals surface area contributed by atoms with Gasteiger partial charge in [-0.1, -0.05) is 0 Å². The van der Waals surface area contributed by atoms with Crippen molar-refractivity contribution < 1.29 is 13.9 Å². The second kappa shape index (κ2) is 5.79. The Balaban J connectivity index is 2.41. The van der Waals surface area contributed by atoms with Crippen LogP contribution in [0.15, 0.2) is 39.4 Å². The van der Waals surface area contributed by atoms with Crippen LogP contribution < -0.4 is 4.74 Å². The van der Waals surface area contributed by atoms with E-state index in [0.717, 1.165) is 10.5 Å². The van der Waals surface area contributed by atoms with Gasteiger partial charge in [0.05, 0.1) is 7.11 Å². The van der Waals surface area contributed by atoms with Gasteiger partial charge in [0.1, 0.15) is 5.69 Å². The number of nitrogens with zero attached hydrogens (tertiary/aromatic N) is 1. The standard InChI is InChI=1S/C13H8Br2FNO2/c1-19-11-3-2-7(4-10(11)16)13(18)12-9(15)5-8(14)6-17-12/h2-6H,1H3. The predicted octanol–water partition coefficient (Wildman–Crippen LogP) is 3.99. The lowest BCUT2D eigenvalue weighted by Gasteiger charge is -2.06. The predicted molar refractivity (Wildman–Crippen MR) is 76.0 cm³/mol. The Morgan fingerprint density at radius 1 is 1.32 bits per heavy atom. The van der Waals surface area contributed by atoms with Crippen LogP contribution in [-0.2, 0) is 0 Å². The van der Waals surface area contributed by atoms with E-state index < -0.39 is 5.82 Å². The molecule has 0 saturated heterocycles. The van der Waals surface area contributed by atoms with Gasteiger partial charge < -0.3 is 4.74 Å². The van der Waals surface area contributed by atoms with E-state index in [1.54, 1.807) is 6.07 Å². The highest BCUT2D eigenvalue weighted by Crippen LogP contribution is 2.24. The van der Waals surface area contributed by atoms with E-state index in [9.17, 15) is 9.18 Å². The SMILES string of the molecule is COc1ccc(C(=O)c2ncc(Br)cc2Br)cc1F. The van der Waals surface area contributed by atoms with E-state index in [1.807, 2.05) is 0 Å². The molecule has 98 valence electrons. The Labute approximate surface area is 126 Å². The van der Waals surface area contributed by atoms with Crippen molar-refractivity contribution >= 4 is 37.6 Å². The summed E-state index contributed by atoms with van der Waals surface area (Å²) in [6.45, 7) is 0. The molecule has 0 aliphatic rings. The molecule has 1 heterocycles. The first-order chi connectivity index (χ1) is 9.02. The summed E-state index contributed by atoms with van der Waals surface area (Å²) in [6, 6.07) is 5.76. The Morgan fingerprint density at radius 2 is 2.05 bits per heavy atom. The lowest BCUT2D eigenvalue weighted by atomic mass is 10.1. The monoisotopic (exact) mass is 387 g/mol. The zero-order chi connectivity index (χ0) is 14.0. The van der Waals surface area contributed by atoms with E-state index in [0.29, 0.717) is 4.47 Å². The van der Waals surface area contributed by atoms with Gasteiger partial charge >= 0.3 is 0 Å². The molecule has 1 aromatic carbocycles. The molecule has 19 heavy (non-hydrogen) atoms. The van der Waals surface area contributed by atoms with Crippen LogP contribution in [0.3, 0.4) is 0 Å². The molecule has 2 aromatic rings. The average Bonchev–Trinajstić information content (AvgIpc) is 2.38. The van der Waals surface area contributed by atoms with Crippen molar-refractivity contribution in [2.75, 3.05) is 7.11 Å². The average molecular weight is 389 g/mol. The summed E-state index contributed by atoms with van der Waals surface area (Å²) in [5.41, 5.74) is 0.446. The van der Waals surface area contributed by atoms with E-state index in [1.165, 1.54) is 25.4 Å². The van der Waals surface area contributed by atoms with Gasteiger partial charge in [0.25, 0.3) is 0 Å². The van der Waals surface area contributed by atoms with E-state index >= 15 is 0 Å². The summed E-state index contributed by atoms with van der Waals surface area (Å²) in [5, 5.41) is 0. The maximum Gasteiger partial charge on any atom is 0.212 e. The highest BCUT2D eigenvalue weighted by atomic mass is 79.9. The topological polar surface area (TPSA) is 39.2 Å². The number of halogens is 3. The fraction of sp³-hybridized carbons (Fsp3) is 0.0769. The van der Waals surface area contributed by atoms with E-state index in [2.05, 4.69) is 36.8 Å². The number of benzene rings is 1. The zero-order valence-electron chi connectivity index (χ0n) is 9.78. The number of rotatable bonds is 3. The number of carbonyl (C=O) groups excluding carboxylic acids is 1. The summed E-state index contributed by atoms with van der Waals surface area (Å²) < 4.78 is 19.7. The van der Waals surface area contributed by atoms with Gasteiger partial charge in [-0.15, -0.1) is 0 Å². The fourth-order valence-corrected chi connectivity index (χ4v) is 2.69. The van der Waals surface area contributed by atoms with Gasteiger partial charge in [0.15, 0.2) is 11.6 Å². The Hall–Kier alpha value is -1.27. The van der Waals surface area contributed by atoms with Crippen LogP contribution in [0.5, 0.6) is 5.75 Å². The number of ketones is 1. The first kappa shape index (κ1) is 14.1. The molecule has 3 nitrogen and oxygen atoms in total. The molecule has 1 aromatic heterocycles. The molecule has 0 amide bonds. The molecule has 0 aliphatic carbocycles. The third kappa shape index (κ3) is 3.01. The van der Waals surface area contributed by atoms with E-state index in [-0.39, 0.29) is 22.8 Å². The molecule has 0 aliphatic heterocycles. The highest BCUT2D eigenvalue weighted by molar-refractivity contribution is 9.11. The normalized spacial score (nSPS) is 10.3. The van der Waals surface area contributed by atoms with Crippen molar-refractivity contribution in [1.29, 1.82) is 0 Å². The molecular weight excluding hydrogens is 381 g/mol. The lowest BCUT2D eigenvalue weighted by Crippen LogP contribution is -2.06. The van der Waals surface area contributed by atoms with Crippen LogP contribution in [0.4, 0.5) is 4.39 Å². The maximum atomic E-state index is 13.6. The highest BCUT2D eigenvalue weighted by Gasteiger charge is 2.16. The molecule has 0 unspecified atom stereocenters. The van der Waals surface area contributed by atoms with E-state index in [4.69, 9.17) is 4.74 Å². The van der Waals surface area contributed by atoms with Gasteiger partial charge in [-0.2, -0.15) is 0 Å². The first-order valence-corrected chi connectivity index (χ1v) is 6.81. The van der Waals surface area contributed by atoms with Crippen LogP contribution in [0, 0.1) is 5.82 Å². The summed E-state index contributed by atoms with van der Waals surface area (Å²) in [7, 11) is 1.37. The van der Waals surface area contributed by atoms with Crippen molar-refractivity contribution in [1.82, 2.24) is 4.98 Å².